The second-order valence-corrected chi connectivity index (χ2v) is 40.3. The van der Waals surface area contributed by atoms with Crippen molar-refractivity contribution in [2.24, 2.45) is 17.2 Å². The van der Waals surface area contributed by atoms with Crippen LogP contribution in [0, 0.1) is 0 Å². The fraction of sp³-hybridized carbons (Fsp3) is 0.275. The average Bonchev–Trinajstić information content (AvgIpc) is 1.59. The Morgan fingerprint density at radius 3 is 0.980 bits per heavy atom. The number of aromatic nitrogens is 8. The van der Waals surface area contributed by atoms with Crippen molar-refractivity contribution in [1.82, 2.24) is 55.4 Å². The van der Waals surface area contributed by atoms with Crippen LogP contribution in [-0.2, 0) is 37.5 Å². The monoisotopic (exact) mass is 2260 g/mol. The summed E-state index contributed by atoms with van der Waals surface area (Å²) in [5.74, 6) is 5.92. The van der Waals surface area contributed by atoms with Gasteiger partial charge in [0.05, 0.1) is 61.7 Å². The predicted octanol–water partition coefficient (Wildman–Crippen LogP) is 19.6. The molecule has 0 saturated carbocycles. The second-order valence-electron chi connectivity index (χ2n) is 36.9. The quantitative estimate of drug-likeness (QED) is 0.0179. The number of para-hydroxylation sites is 5. The zero-order chi connectivity index (χ0) is 108. The number of phenols is 1. The van der Waals surface area contributed by atoms with Gasteiger partial charge in [-0.15, -0.1) is 0 Å². The van der Waals surface area contributed by atoms with Gasteiger partial charge < -0.3 is 99.4 Å². The van der Waals surface area contributed by atoms with Crippen LogP contribution >= 0.6 is 71.0 Å². The van der Waals surface area contributed by atoms with Gasteiger partial charge in [0.25, 0.3) is 17.7 Å². The van der Waals surface area contributed by atoms with E-state index in [2.05, 4.69) is 116 Å². The predicted molar refractivity (Wildman–Crippen MR) is 598 cm³/mol. The van der Waals surface area contributed by atoms with Crippen LogP contribution in [-0.4, -0.2) is 212 Å². The van der Waals surface area contributed by atoms with E-state index in [9.17, 15) is 24.0 Å². The minimum absolute atomic E-state index is 0.0775. The molecule has 782 valence electrons. The largest absolute Gasteiger partial charge is 0.508 e. The van der Waals surface area contributed by atoms with Crippen molar-refractivity contribution < 1.29 is 76.0 Å². The van der Waals surface area contributed by atoms with Crippen molar-refractivity contribution in [2.75, 3.05) is 93.2 Å². The van der Waals surface area contributed by atoms with Gasteiger partial charge in [-0.25, -0.2) is 39.9 Å². The number of primary amides is 3. The molecule has 4 amide bonds. The Morgan fingerprint density at radius 2 is 0.693 bits per heavy atom. The van der Waals surface area contributed by atoms with Crippen LogP contribution in [0.15, 0.2) is 319 Å². The molecule has 150 heavy (non-hydrogen) atoms. The fourth-order valence-corrected chi connectivity index (χ4v) is 15.3. The Hall–Kier alpha value is -13.4. The lowest BCUT2D eigenvalue weighted by atomic mass is 9.49. The lowest BCUT2D eigenvalue weighted by Crippen LogP contribution is -2.48. The number of hydrogen-bond acceptors (Lipinski definition) is 29. The molecule has 5 aromatic carbocycles. The SMILES string of the molecule is Brc1ccc(Br)nc1.Brc1ccc(Oc2ccccc2)nc1.C=CC(=O)Cl.C=CC(=O)N1CCN(c2ccc(C(N)=O)c(-c3ccc(Oc4ccccc4)nc3)n2)CC1.CC1(C)OB(B2OC(C)(C)C(C)(C)O2)OC1(C)C.CC1(C)OB(c2ccc(Oc3ccccc3)nc2)OC1(C)C.NC(=O)c1ccc(N2CCNCC2)nc1-c1ccc(Oc2ccccc2)nc1.NC(=O)c1ccc(N2CCNCC2)nc1Cl.Oc1ccccc1. The van der Waals surface area contributed by atoms with Gasteiger partial charge in [0.15, 0.2) is 0 Å². The maximum absolute atomic E-state index is 12.0. The molecule has 0 bridgehead atoms. The van der Waals surface area contributed by atoms with Crippen LogP contribution in [0.3, 0.4) is 0 Å². The van der Waals surface area contributed by atoms with E-state index in [1.54, 1.807) is 109 Å². The number of carbonyl (C=O) groups excluding carboxylic acids is 5. The van der Waals surface area contributed by atoms with E-state index in [1.165, 1.54) is 6.08 Å². The minimum atomic E-state index is -0.565. The van der Waals surface area contributed by atoms with E-state index in [0.717, 1.165) is 101 Å². The summed E-state index contributed by atoms with van der Waals surface area (Å²) < 4.78 is 61.3. The number of phenolic OH excluding ortho intramolecular Hbond substituents is 1. The summed E-state index contributed by atoms with van der Waals surface area (Å²) in [5.41, 5.74) is 18.4. The smallest absolute Gasteiger partial charge is 0.496 e. The molecule has 6 aliphatic rings. The number of ether oxygens (including phenoxy) is 4. The molecular formula is C109H121B3Br3Cl2N17O16. The molecule has 6 fully saturated rings. The number of nitrogens with two attached hydrogens (primary N) is 3. The third kappa shape index (κ3) is 34.9. The number of aromatic hydroxyl groups is 1. The van der Waals surface area contributed by atoms with Gasteiger partial charge in [0.1, 0.15) is 56.0 Å². The molecule has 0 atom stereocenters. The first-order chi connectivity index (χ1) is 71.5. The summed E-state index contributed by atoms with van der Waals surface area (Å²) in [6, 6.07) is 75.5. The van der Waals surface area contributed by atoms with E-state index in [0.29, 0.717) is 106 Å². The van der Waals surface area contributed by atoms with Gasteiger partial charge in [0, 0.05) is 159 Å². The van der Waals surface area contributed by atoms with Gasteiger partial charge in [-0.2, -0.15) is 0 Å². The highest BCUT2D eigenvalue weighted by molar-refractivity contribution is 9.11. The summed E-state index contributed by atoms with van der Waals surface area (Å²) in [4.78, 5) is 99.0. The molecule has 0 radical (unpaired) electrons. The van der Waals surface area contributed by atoms with Crippen LogP contribution in [0.25, 0.3) is 22.5 Å². The van der Waals surface area contributed by atoms with Crippen molar-refractivity contribution >= 4 is 144 Å². The van der Waals surface area contributed by atoms with Crippen molar-refractivity contribution in [3.63, 3.8) is 0 Å². The highest BCUT2D eigenvalue weighted by Crippen LogP contribution is 2.44. The van der Waals surface area contributed by atoms with Crippen molar-refractivity contribution in [3.05, 3.63) is 340 Å². The number of piperazine rings is 3. The van der Waals surface area contributed by atoms with Gasteiger partial charge in [-0.3, -0.25) is 24.0 Å². The molecule has 0 aliphatic carbocycles. The molecule has 9 N–H and O–H groups in total. The number of anilines is 3. The maximum Gasteiger partial charge on any atom is 0.496 e. The molecule has 41 heteroatoms. The number of pyridine rings is 8. The number of amides is 4. The van der Waals surface area contributed by atoms with Gasteiger partial charge in [-0.05, 0) is 282 Å². The Bertz CT molecular complexity index is 6460. The number of nitrogens with one attached hydrogen (secondary N) is 2. The van der Waals surface area contributed by atoms with Crippen LogP contribution in [0.1, 0.15) is 114 Å². The van der Waals surface area contributed by atoms with E-state index < -0.39 is 44.1 Å². The summed E-state index contributed by atoms with van der Waals surface area (Å²) in [6.07, 6.45) is 10.8. The first kappa shape index (κ1) is 117. The fourth-order valence-electron chi connectivity index (χ4n) is 14.3. The molecular weight excluding hydrogens is 2150 g/mol. The summed E-state index contributed by atoms with van der Waals surface area (Å²) in [7, 11) is -1.35. The van der Waals surface area contributed by atoms with E-state index in [4.69, 9.17) is 102 Å². The molecule has 0 spiro atoms. The number of hydrogen-bond donors (Lipinski definition) is 6. The number of halogens is 5. The number of carbonyl (C=O) groups is 5. The topological polar surface area (TPSA) is 416 Å². The van der Waals surface area contributed by atoms with Crippen LogP contribution in [0.4, 0.5) is 17.5 Å². The average molecular weight is 2270 g/mol. The van der Waals surface area contributed by atoms with E-state index in [-0.39, 0.29) is 50.2 Å². The zero-order valence-corrected chi connectivity index (χ0v) is 91.7. The standard InChI is InChI=1S/C24H23N5O3.C21H21N5O2.C17H20BNO3.C12H24B2O4.C11H8BrNO.C10H13ClN4O.C6H6O.C5H3Br2N.C3H3ClO/c1-2-22(30)29-14-12-28(13-15-29)20-10-9-19(24(25)31)23(27-20)17-8-11-21(26-16-17)32-18-6-4-3-5-7-18;22-21(27)17-7-8-18(26-12-10-23-11-13-26)25-20(17)15-6-9-19(24-14-15)28-16-4-2-1-3-5-16;1-16(2)17(3,4)22-18(21-16)13-10-11-15(19-12-13)20-14-8-6-5-7-9-14;1-9(2)10(3,4)16-13(15-9)14-17-11(5,6)12(7,8)18-14;12-9-6-7-11(13-8-9)14-10-4-2-1-3-5-10;11-9-7(10(12)16)1-2-8(14-9)15-5-3-13-4-6-15;7-6-4-2-1-3-5-6;6-4-1-2-5(7)8-3-4;1-2-3(4)5/h2-11,16H,1,12-15H2,(H2,25,31);1-9,14,23H,10-13H2,(H2,22,27);5-12H,1-4H3;1-8H3;1-8H;1-2,13H,3-6H2,(H2,12,16);1-5,7H;1-3H;2H,1H2. The Balaban J connectivity index is 0.000000167. The van der Waals surface area contributed by atoms with Gasteiger partial charge >= 0.3 is 21.1 Å². The van der Waals surface area contributed by atoms with Crippen LogP contribution in [0.2, 0.25) is 5.15 Å². The molecule has 0 unspecified atom stereocenters. The summed E-state index contributed by atoms with van der Waals surface area (Å²) in [6.45, 7) is 40.5. The van der Waals surface area contributed by atoms with Gasteiger partial charge in [-0.1, -0.05) is 122 Å². The van der Waals surface area contributed by atoms with Crippen molar-refractivity contribution in [1.29, 1.82) is 0 Å². The van der Waals surface area contributed by atoms with E-state index >= 15 is 0 Å². The molecule has 6 aliphatic heterocycles. The molecule has 6 saturated heterocycles. The lowest BCUT2D eigenvalue weighted by molar-refractivity contribution is -0.126. The molecule has 8 aromatic heterocycles. The number of nitrogens with zero attached hydrogens (tertiary/aromatic N) is 12. The number of benzene rings is 5. The Labute approximate surface area is 911 Å². The second kappa shape index (κ2) is 55.4. The maximum atomic E-state index is 12.0. The third-order valence-electron chi connectivity index (χ3n) is 24.6. The first-order valence-electron chi connectivity index (χ1n) is 48.0. The lowest BCUT2D eigenvalue weighted by Gasteiger charge is -2.35. The van der Waals surface area contributed by atoms with Crippen LogP contribution < -0.4 is 66.9 Å². The van der Waals surface area contributed by atoms with Gasteiger partial charge in [0.2, 0.25) is 34.7 Å². The van der Waals surface area contributed by atoms with Crippen LogP contribution in [0.5, 0.6) is 52.3 Å². The summed E-state index contributed by atoms with van der Waals surface area (Å²) in [5, 5.41) is 14.9. The normalized spacial score (nSPS) is 15.9. The Kier molecular flexibility index (Phi) is 43.2. The molecule has 19 rings (SSSR count). The number of rotatable bonds is 20. The summed E-state index contributed by atoms with van der Waals surface area (Å²) >= 11 is 20.4. The Morgan fingerprint density at radius 1 is 0.380 bits per heavy atom. The highest BCUT2D eigenvalue weighted by Gasteiger charge is 2.64. The van der Waals surface area contributed by atoms with Crippen molar-refractivity contribution in [3.8, 4) is 74.8 Å². The van der Waals surface area contributed by atoms with E-state index in [1.807, 2.05) is 259 Å². The molecule has 14 heterocycles. The minimum Gasteiger partial charge on any atom is -0.508 e. The molecule has 13 aromatic rings. The highest BCUT2D eigenvalue weighted by atomic mass is 79.9. The molecule has 33 nitrogen and oxygen atoms in total. The van der Waals surface area contributed by atoms with Crippen molar-refractivity contribution in [2.45, 2.75) is 117 Å². The first-order valence-corrected chi connectivity index (χ1v) is 51.1. The third-order valence-corrected chi connectivity index (χ3v) is 26.5. The number of allylic oxidation sites excluding steroid dienone is 1. The zero-order valence-electron chi connectivity index (χ0n) is 85.4.